The van der Waals surface area contributed by atoms with E-state index >= 15 is 0 Å². The SMILES string of the molecule is CCCCCCCCCCCCCCCCCCOc1ccc(-c2nc(CC(=O)OCC)c(OCC)o2)cc1. The molecule has 1 aromatic carbocycles. The number of aromatic nitrogens is 1. The second-order valence-electron chi connectivity index (χ2n) is 10.3. The maximum atomic E-state index is 11.9. The summed E-state index contributed by atoms with van der Waals surface area (Å²) in [5, 5.41) is 0. The third-order valence-electron chi connectivity index (χ3n) is 6.92. The van der Waals surface area contributed by atoms with E-state index in [1.165, 1.54) is 96.3 Å². The van der Waals surface area contributed by atoms with Gasteiger partial charge in [0.2, 0.25) is 5.89 Å². The largest absolute Gasteiger partial charge is 0.494 e. The number of carbonyl (C=O) groups is 1. The number of rotatable bonds is 24. The van der Waals surface area contributed by atoms with E-state index in [4.69, 9.17) is 18.6 Å². The van der Waals surface area contributed by atoms with E-state index in [2.05, 4.69) is 11.9 Å². The van der Waals surface area contributed by atoms with Gasteiger partial charge in [0.15, 0.2) is 0 Å². The first-order chi connectivity index (χ1) is 19.2. The van der Waals surface area contributed by atoms with E-state index in [9.17, 15) is 4.79 Å². The Hall–Kier alpha value is -2.50. The molecule has 0 aliphatic heterocycles. The lowest BCUT2D eigenvalue weighted by Crippen LogP contribution is -2.09. The average Bonchev–Trinajstić information content (AvgIpc) is 3.33. The summed E-state index contributed by atoms with van der Waals surface area (Å²) in [5.41, 5.74) is 1.26. The van der Waals surface area contributed by atoms with Crippen LogP contribution in [0.25, 0.3) is 11.5 Å². The third kappa shape index (κ3) is 14.5. The molecule has 0 aliphatic carbocycles. The van der Waals surface area contributed by atoms with E-state index in [1.807, 2.05) is 31.2 Å². The maximum Gasteiger partial charge on any atom is 0.312 e. The Morgan fingerprint density at radius 3 is 1.74 bits per heavy atom. The molecular formula is C33H53NO5. The molecule has 0 fully saturated rings. The molecule has 2 aromatic rings. The number of hydrogen-bond acceptors (Lipinski definition) is 6. The Morgan fingerprint density at radius 2 is 1.23 bits per heavy atom. The number of nitrogens with zero attached hydrogens (tertiary/aromatic N) is 1. The number of unbranched alkanes of at least 4 members (excludes halogenated alkanes) is 15. The number of carbonyl (C=O) groups excluding carboxylic acids is 1. The van der Waals surface area contributed by atoms with Gasteiger partial charge in [-0.15, -0.1) is 0 Å². The van der Waals surface area contributed by atoms with Crippen molar-refractivity contribution in [2.75, 3.05) is 19.8 Å². The Kier molecular flexibility index (Phi) is 17.9. The summed E-state index contributed by atoms with van der Waals surface area (Å²) in [7, 11) is 0. The lowest BCUT2D eigenvalue weighted by atomic mass is 10.0. The van der Waals surface area contributed by atoms with Gasteiger partial charge in [-0.25, -0.2) is 4.98 Å². The molecule has 0 spiro atoms. The summed E-state index contributed by atoms with van der Waals surface area (Å²) in [5.74, 6) is 1.17. The van der Waals surface area contributed by atoms with Crippen molar-refractivity contribution in [2.45, 2.75) is 130 Å². The summed E-state index contributed by atoms with van der Waals surface area (Å²) in [6.07, 6.45) is 21.9. The van der Waals surface area contributed by atoms with Crippen LogP contribution in [0.15, 0.2) is 28.7 Å². The quantitative estimate of drug-likeness (QED) is 0.0970. The molecule has 0 saturated carbocycles. The van der Waals surface area contributed by atoms with Crippen LogP contribution in [-0.4, -0.2) is 30.8 Å². The first-order valence-corrected chi connectivity index (χ1v) is 15.7. The van der Waals surface area contributed by atoms with Gasteiger partial charge in [0, 0.05) is 5.56 Å². The highest BCUT2D eigenvalue weighted by molar-refractivity contribution is 5.73. The van der Waals surface area contributed by atoms with Crippen LogP contribution in [0.3, 0.4) is 0 Å². The second-order valence-corrected chi connectivity index (χ2v) is 10.3. The first kappa shape index (κ1) is 32.7. The normalized spacial score (nSPS) is 11.1. The molecule has 6 nitrogen and oxygen atoms in total. The van der Waals surface area contributed by atoms with Crippen LogP contribution >= 0.6 is 0 Å². The molecule has 0 amide bonds. The molecule has 39 heavy (non-hydrogen) atoms. The fourth-order valence-electron chi connectivity index (χ4n) is 4.70. The Labute approximate surface area is 237 Å². The monoisotopic (exact) mass is 543 g/mol. The van der Waals surface area contributed by atoms with Gasteiger partial charge in [-0.2, -0.15) is 0 Å². The predicted molar refractivity (Wildman–Crippen MR) is 158 cm³/mol. The minimum absolute atomic E-state index is 0.0210. The van der Waals surface area contributed by atoms with E-state index < -0.39 is 0 Å². The summed E-state index contributed by atoms with van der Waals surface area (Å²) < 4.78 is 22.3. The lowest BCUT2D eigenvalue weighted by molar-refractivity contribution is -0.142. The van der Waals surface area contributed by atoms with Gasteiger partial charge in [-0.3, -0.25) is 4.79 Å². The van der Waals surface area contributed by atoms with Crippen molar-refractivity contribution >= 4 is 5.97 Å². The highest BCUT2D eigenvalue weighted by Crippen LogP contribution is 2.29. The lowest BCUT2D eigenvalue weighted by Gasteiger charge is -2.07. The van der Waals surface area contributed by atoms with Crippen LogP contribution in [0.2, 0.25) is 0 Å². The van der Waals surface area contributed by atoms with Crippen LogP contribution < -0.4 is 9.47 Å². The fraction of sp³-hybridized carbons (Fsp3) is 0.697. The molecule has 6 heteroatoms. The smallest absolute Gasteiger partial charge is 0.312 e. The minimum atomic E-state index is -0.351. The molecule has 220 valence electrons. The third-order valence-corrected chi connectivity index (χ3v) is 6.92. The second kappa shape index (κ2) is 21.3. The van der Waals surface area contributed by atoms with Crippen LogP contribution in [0.1, 0.15) is 129 Å². The van der Waals surface area contributed by atoms with Crippen LogP contribution in [-0.2, 0) is 16.0 Å². The zero-order valence-corrected chi connectivity index (χ0v) is 24.9. The van der Waals surface area contributed by atoms with Crippen LogP contribution in [0.5, 0.6) is 11.7 Å². The van der Waals surface area contributed by atoms with Crippen LogP contribution in [0.4, 0.5) is 0 Å². The minimum Gasteiger partial charge on any atom is -0.494 e. The molecule has 0 radical (unpaired) electrons. The van der Waals surface area contributed by atoms with E-state index in [1.54, 1.807) is 6.92 Å². The number of hydrogen-bond donors (Lipinski definition) is 0. The molecule has 0 atom stereocenters. The molecule has 0 saturated heterocycles. The van der Waals surface area contributed by atoms with Gasteiger partial charge in [-0.05, 0) is 44.5 Å². The zero-order valence-electron chi connectivity index (χ0n) is 24.9. The molecule has 0 unspecified atom stereocenters. The molecule has 0 bridgehead atoms. The number of esters is 1. The number of oxazole rings is 1. The Balaban J connectivity index is 1.53. The van der Waals surface area contributed by atoms with Gasteiger partial charge < -0.3 is 18.6 Å². The molecule has 0 N–H and O–H groups in total. The maximum absolute atomic E-state index is 11.9. The molecule has 1 aromatic heterocycles. The van der Waals surface area contributed by atoms with Crippen molar-refractivity contribution in [2.24, 2.45) is 0 Å². The van der Waals surface area contributed by atoms with Crippen molar-refractivity contribution in [3.8, 4) is 23.1 Å². The standard InChI is InChI=1S/C33H53NO5/c1-4-7-8-9-10-11-12-13-14-15-16-17-18-19-20-21-26-38-29-24-22-28(23-25-29)32-34-30(27-31(35)36-5-2)33(39-32)37-6-3/h22-25H,4-21,26-27H2,1-3H3. The van der Waals surface area contributed by atoms with Gasteiger partial charge in [-0.1, -0.05) is 103 Å². The summed E-state index contributed by atoms with van der Waals surface area (Å²) in [4.78, 5) is 16.3. The van der Waals surface area contributed by atoms with Crippen molar-refractivity contribution < 1.29 is 23.4 Å². The van der Waals surface area contributed by atoms with Crippen molar-refractivity contribution in [1.82, 2.24) is 4.98 Å². The topological polar surface area (TPSA) is 70.8 Å². The van der Waals surface area contributed by atoms with E-state index in [0.717, 1.165) is 24.3 Å². The molecule has 2 rings (SSSR count). The van der Waals surface area contributed by atoms with Gasteiger partial charge in [0.1, 0.15) is 11.4 Å². The predicted octanol–water partition coefficient (Wildman–Crippen LogP) is 9.49. The van der Waals surface area contributed by atoms with Crippen molar-refractivity contribution in [1.29, 1.82) is 0 Å². The van der Waals surface area contributed by atoms with Crippen molar-refractivity contribution in [3.63, 3.8) is 0 Å². The van der Waals surface area contributed by atoms with Gasteiger partial charge in [0.25, 0.3) is 0 Å². The van der Waals surface area contributed by atoms with Gasteiger partial charge >= 0.3 is 11.9 Å². The zero-order chi connectivity index (χ0) is 28.0. The molecule has 0 aliphatic rings. The summed E-state index contributed by atoms with van der Waals surface area (Å²) >= 11 is 0. The highest BCUT2D eigenvalue weighted by Gasteiger charge is 2.19. The first-order valence-electron chi connectivity index (χ1n) is 15.7. The highest BCUT2D eigenvalue weighted by atomic mass is 16.6. The Morgan fingerprint density at radius 1 is 0.692 bits per heavy atom. The van der Waals surface area contributed by atoms with E-state index in [-0.39, 0.29) is 18.3 Å². The average molecular weight is 544 g/mol. The van der Waals surface area contributed by atoms with E-state index in [0.29, 0.717) is 24.8 Å². The summed E-state index contributed by atoms with van der Waals surface area (Å²) in [6.45, 7) is 7.41. The Bertz CT molecular complexity index is 877. The molecule has 1 heterocycles. The number of ether oxygens (including phenoxy) is 3. The number of benzene rings is 1. The summed E-state index contributed by atoms with van der Waals surface area (Å²) in [6, 6.07) is 7.69. The molecular weight excluding hydrogens is 490 g/mol. The van der Waals surface area contributed by atoms with Gasteiger partial charge in [0.05, 0.1) is 26.2 Å². The van der Waals surface area contributed by atoms with Crippen molar-refractivity contribution in [3.05, 3.63) is 30.0 Å². The fourth-order valence-corrected chi connectivity index (χ4v) is 4.70. The van der Waals surface area contributed by atoms with Crippen LogP contribution in [0, 0.1) is 0 Å².